The van der Waals surface area contributed by atoms with Gasteiger partial charge in [-0.25, -0.2) is 4.98 Å². The summed E-state index contributed by atoms with van der Waals surface area (Å²) in [6.07, 6.45) is 0.132. The van der Waals surface area contributed by atoms with Gasteiger partial charge < -0.3 is 14.1 Å². The van der Waals surface area contributed by atoms with E-state index in [1.807, 2.05) is 25.1 Å². The fourth-order valence-corrected chi connectivity index (χ4v) is 3.48. The largest absolute Gasteiger partial charge is 0.469 e. The monoisotopic (exact) mass is 384 g/mol. The third-order valence-corrected chi connectivity index (χ3v) is 5.02. The van der Waals surface area contributed by atoms with Crippen LogP contribution in [-0.2, 0) is 14.3 Å². The Kier molecular flexibility index (Phi) is 4.36. The van der Waals surface area contributed by atoms with Gasteiger partial charge in [-0.1, -0.05) is 17.7 Å². The molecule has 1 atom stereocenters. The fraction of sp³-hybridized carbons (Fsp3) is 0.250. The minimum absolute atomic E-state index is 0.132. The van der Waals surface area contributed by atoms with Gasteiger partial charge in [0.2, 0.25) is 11.8 Å². The van der Waals surface area contributed by atoms with Crippen LogP contribution in [0, 0.1) is 12.8 Å². The molecule has 1 saturated heterocycles. The highest BCUT2D eigenvalue weighted by molar-refractivity contribution is 6.33. The summed E-state index contributed by atoms with van der Waals surface area (Å²) < 4.78 is 10.6. The van der Waals surface area contributed by atoms with Crippen molar-refractivity contribution < 1.29 is 18.7 Å². The van der Waals surface area contributed by atoms with Crippen molar-refractivity contribution in [2.45, 2.75) is 13.3 Å². The van der Waals surface area contributed by atoms with Crippen molar-refractivity contribution in [3.8, 4) is 11.5 Å². The Balaban J connectivity index is 1.71. The van der Waals surface area contributed by atoms with Gasteiger partial charge in [0.15, 0.2) is 5.58 Å². The van der Waals surface area contributed by atoms with E-state index in [2.05, 4.69) is 4.98 Å². The van der Waals surface area contributed by atoms with E-state index in [9.17, 15) is 9.59 Å². The van der Waals surface area contributed by atoms with Crippen molar-refractivity contribution in [2.24, 2.45) is 5.92 Å². The topological polar surface area (TPSA) is 72.6 Å². The van der Waals surface area contributed by atoms with Gasteiger partial charge in [0, 0.05) is 18.7 Å². The standard InChI is InChI=1S/C20H17ClN2O4/c1-11-3-6-17-16(7-11)22-19(27-17)14-9-13(4-5-15(14)21)23-10-12(8-18(23)24)20(25)26-2/h3-7,9,12H,8,10H2,1-2H3/t12-/m0/s1. The number of aryl methyl sites for hydroxylation is 1. The van der Waals surface area contributed by atoms with E-state index in [1.54, 1.807) is 23.1 Å². The number of carbonyl (C=O) groups excluding carboxylic acids is 2. The molecular weight excluding hydrogens is 368 g/mol. The predicted molar refractivity (Wildman–Crippen MR) is 102 cm³/mol. The number of nitrogens with zero attached hydrogens (tertiary/aromatic N) is 2. The van der Waals surface area contributed by atoms with Crippen LogP contribution < -0.4 is 4.90 Å². The van der Waals surface area contributed by atoms with E-state index >= 15 is 0 Å². The molecule has 3 aromatic rings. The molecule has 4 rings (SSSR count). The first-order valence-electron chi connectivity index (χ1n) is 8.51. The van der Waals surface area contributed by atoms with Gasteiger partial charge in [-0.2, -0.15) is 0 Å². The van der Waals surface area contributed by atoms with Crippen LogP contribution in [0.2, 0.25) is 5.02 Å². The quantitative estimate of drug-likeness (QED) is 0.638. The number of benzene rings is 2. The molecule has 1 fully saturated rings. The van der Waals surface area contributed by atoms with Gasteiger partial charge in [-0.3, -0.25) is 9.59 Å². The number of hydrogen-bond donors (Lipinski definition) is 0. The number of oxazole rings is 1. The second-order valence-electron chi connectivity index (χ2n) is 6.58. The van der Waals surface area contributed by atoms with E-state index < -0.39 is 5.92 Å². The molecule has 1 aromatic heterocycles. The van der Waals surface area contributed by atoms with Gasteiger partial charge in [0.1, 0.15) is 5.52 Å². The molecule has 6 nitrogen and oxygen atoms in total. The van der Waals surface area contributed by atoms with Crippen molar-refractivity contribution in [3.05, 3.63) is 47.0 Å². The van der Waals surface area contributed by atoms with Crippen molar-refractivity contribution in [3.63, 3.8) is 0 Å². The van der Waals surface area contributed by atoms with E-state index in [0.717, 1.165) is 11.1 Å². The number of rotatable bonds is 3. The molecule has 27 heavy (non-hydrogen) atoms. The summed E-state index contributed by atoms with van der Waals surface area (Å²) in [4.78, 5) is 30.2. The molecule has 0 spiro atoms. The van der Waals surface area contributed by atoms with Gasteiger partial charge in [0.05, 0.1) is 23.6 Å². The highest BCUT2D eigenvalue weighted by Gasteiger charge is 2.36. The smallest absolute Gasteiger partial charge is 0.311 e. The molecular formula is C20H17ClN2O4. The van der Waals surface area contributed by atoms with Gasteiger partial charge in [0.25, 0.3) is 0 Å². The average molecular weight is 385 g/mol. The van der Waals surface area contributed by atoms with Crippen molar-refractivity contribution >= 4 is 40.3 Å². The second kappa shape index (κ2) is 6.70. The molecule has 2 aromatic carbocycles. The number of methoxy groups -OCH3 is 1. The third kappa shape index (κ3) is 3.17. The molecule has 0 aliphatic carbocycles. The third-order valence-electron chi connectivity index (χ3n) is 4.69. The van der Waals surface area contributed by atoms with Gasteiger partial charge in [-0.15, -0.1) is 0 Å². The highest BCUT2D eigenvalue weighted by Crippen LogP contribution is 2.35. The number of fused-ring (bicyclic) bond motifs is 1. The van der Waals surface area contributed by atoms with E-state index in [0.29, 0.717) is 27.7 Å². The Labute approximate surface area is 160 Å². The molecule has 0 bridgehead atoms. The van der Waals surface area contributed by atoms with E-state index in [-0.39, 0.29) is 24.8 Å². The molecule has 0 unspecified atom stereocenters. The van der Waals surface area contributed by atoms with Crippen LogP contribution in [0.4, 0.5) is 5.69 Å². The zero-order valence-corrected chi connectivity index (χ0v) is 15.6. The zero-order valence-electron chi connectivity index (χ0n) is 14.9. The number of ether oxygens (including phenoxy) is 1. The zero-order chi connectivity index (χ0) is 19.1. The Bertz CT molecular complexity index is 1060. The van der Waals surface area contributed by atoms with Crippen molar-refractivity contribution in [2.75, 3.05) is 18.6 Å². The Morgan fingerprint density at radius 1 is 1.30 bits per heavy atom. The highest BCUT2D eigenvalue weighted by atomic mass is 35.5. The molecule has 0 N–H and O–H groups in total. The lowest BCUT2D eigenvalue weighted by atomic mass is 10.1. The molecule has 1 aliphatic heterocycles. The van der Waals surface area contributed by atoms with Gasteiger partial charge in [-0.05, 0) is 42.8 Å². The molecule has 7 heteroatoms. The molecule has 0 radical (unpaired) electrons. The van der Waals surface area contributed by atoms with Crippen molar-refractivity contribution in [1.82, 2.24) is 4.98 Å². The Hall–Kier alpha value is -2.86. The maximum atomic E-state index is 12.4. The number of carbonyl (C=O) groups is 2. The summed E-state index contributed by atoms with van der Waals surface area (Å²) in [6.45, 7) is 2.26. The predicted octanol–water partition coefficient (Wildman–Crippen LogP) is 3.98. The number of anilines is 1. The van der Waals surface area contributed by atoms with Crippen LogP contribution in [0.5, 0.6) is 0 Å². The fourth-order valence-electron chi connectivity index (χ4n) is 3.28. The van der Waals surface area contributed by atoms with Crippen LogP contribution >= 0.6 is 11.6 Å². The first-order chi connectivity index (χ1) is 13.0. The molecule has 138 valence electrons. The van der Waals surface area contributed by atoms with E-state index in [4.69, 9.17) is 20.8 Å². The maximum Gasteiger partial charge on any atom is 0.311 e. The maximum absolute atomic E-state index is 12.4. The van der Waals surface area contributed by atoms with Crippen LogP contribution in [0.3, 0.4) is 0 Å². The summed E-state index contributed by atoms with van der Waals surface area (Å²) in [7, 11) is 1.32. The first kappa shape index (κ1) is 17.5. The van der Waals surface area contributed by atoms with Crippen LogP contribution in [0.15, 0.2) is 40.8 Å². The Morgan fingerprint density at radius 3 is 2.89 bits per heavy atom. The molecule has 0 saturated carbocycles. The number of amides is 1. The number of aromatic nitrogens is 1. The minimum Gasteiger partial charge on any atom is -0.469 e. The lowest BCUT2D eigenvalue weighted by molar-refractivity contribution is -0.145. The molecule has 2 heterocycles. The Morgan fingerprint density at radius 2 is 2.11 bits per heavy atom. The normalized spacial score (nSPS) is 16.9. The number of esters is 1. The molecule has 1 aliphatic rings. The number of halogens is 1. The SMILES string of the molecule is COC(=O)[C@H]1CC(=O)N(c2ccc(Cl)c(-c3nc4cc(C)ccc4o3)c2)C1. The summed E-state index contributed by atoms with van der Waals surface area (Å²) in [5, 5.41) is 0.471. The molecule has 1 amide bonds. The van der Waals surface area contributed by atoms with Gasteiger partial charge >= 0.3 is 5.97 Å². The summed E-state index contributed by atoms with van der Waals surface area (Å²) in [5.74, 6) is -0.589. The summed E-state index contributed by atoms with van der Waals surface area (Å²) in [5.41, 5.74) is 3.73. The lowest BCUT2D eigenvalue weighted by Crippen LogP contribution is -2.26. The van der Waals surface area contributed by atoms with Crippen molar-refractivity contribution in [1.29, 1.82) is 0 Å². The summed E-state index contributed by atoms with van der Waals surface area (Å²) in [6, 6.07) is 11.0. The summed E-state index contributed by atoms with van der Waals surface area (Å²) >= 11 is 6.36. The number of hydrogen-bond acceptors (Lipinski definition) is 5. The lowest BCUT2D eigenvalue weighted by Gasteiger charge is -2.17. The first-order valence-corrected chi connectivity index (χ1v) is 8.89. The average Bonchev–Trinajstić information content (AvgIpc) is 3.24. The second-order valence-corrected chi connectivity index (χ2v) is 6.99. The van der Waals surface area contributed by atoms with E-state index in [1.165, 1.54) is 7.11 Å². The van der Waals surface area contributed by atoms with Crippen LogP contribution in [-0.4, -0.2) is 30.5 Å². The van der Waals surface area contributed by atoms with Crippen LogP contribution in [0.25, 0.3) is 22.6 Å². The van der Waals surface area contributed by atoms with Crippen LogP contribution in [0.1, 0.15) is 12.0 Å². The minimum atomic E-state index is -0.464.